The minimum Gasteiger partial charge on any atom is -0.455 e. The van der Waals surface area contributed by atoms with Crippen molar-refractivity contribution in [3.63, 3.8) is 0 Å². The van der Waals surface area contributed by atoms with Crippen LogP contribution in [0.5, 0.6) is 0 Å². The summed E-state index contributed by atoms with van der Waals surface area (Å²) in [4.78, 5) is 2.46. The molecule has 2 heterocycles. The molecule has 1 spiro atoms. The molecule has 298 valence electrons. The van der Waals surface area contributed by atoms with Gasteiger partial charge in [-0.1, -0.05) is 178 Å². The average molecular weight is 824 g/mol. The van der Waals surface area contributed by atoms with Gasteiger partial charge in [0.2, 0.25) is 0 Å². The van der Waals surface area contributed by atoms with Gasteiger partial charge >= 0.3 is 0 Å². The quantitative estimate of drug-likeness (QED) is 0.172. The predicted octanol–water partition coefficient (Wildman–Crippen LogP) is 16.6. The van der Waals surface area contributed by atoms with Crippen LogP contribution < -0.4 is 4.90 Å². The van der Waals surface area contributed by atoms with Crippen molar-refractivity contribution in [3.05, 3.63) is 246 Å². The van der Waals surface area contributed by atoms with Gasteiger partial charge in [-0.25, -0.2) is 0 Å². The largest absolute Gasteiger partial charge is 0.455 e. The van der Waals surface area contributed by atoms with E-state index < -0.39 is 5.41 Å². The first-order valence-corrected chi connectivity index (χ1v) is 22.6. The molecule has 0 N–H and O–H groups in total. The predicted molar refractivity (Wildman–Crippen MR) is 264 cm³/mol. The van der Waals surface area contributed by atoms with Crippen LogP contribution >= 0.6 is 11.3 Å². The molecule has 63 heavy (non-hydrogen) atoms. The molecule has 0 aliphatic heterocycles. The Labute approximate surface area is 371 Å². The minimum absolute atomic E-state index is 0.142. The molecule has 0 unspecified atom stereocenters. The van der Waals surface area contributed by atoms with Crippen LogP contribution in [0.15, 0.2) is 217 Å². The highest BCUT2D eigenvalue weighted by atomic mass is 32.1. The lowest BCUT2D eigenvalue weighted by Crippen LogP contribution is -2.40. The monoisotopic (exact) mass is 823 g/mol. The minimum atomic E-state index is -0.442. The summed E-state index contributed by atoms with van der Waals surface area (Å²) in [6.07, 6.45) is 0. The Morgan fingerprint density at radius 1 is 0.413 bits per heavy atom. The summed E-state index contributed by atoms with van der Waals surface area (Å²) in [5.74, 6) is 0. The summed E-state index contributed by atoms with van der Waals surface area (Å²) in [7, 11) is 0. The van der Waals surface area contributed by atoms with Crippen LogP contribution in [-0.4, -0.2) is 0 Å². The van der Waals surface area contributed by atoms with Gasteiger partial charge in [0.25, 0.3) is 0 Å². The number of fused-ring (bicyclic) bond motifs is 13. The molecule has 2 aromatic heterocycles. The molecular weight excluding hydrogens is 783 g/mol. The summed E-state index contributed by atoms with van der Waals surface area (Å²) >= 11 is 1.84. The van der Waals surface area contributed by atoms with E-state index in [2.05, 4.69) is 225 Å². The fourth-order valence-corrected chi connectivity index (χ4v) is 12.2. The van der Waals surface area contributed by atoms with Gasteiger partial charge in [-0.3, -0.25) is 0 Å². The fourth-order valence-electron chi connectivity index (χ4n) is 11.1. The highest BCUT2D eigenvalue weighted by Gasteiger charge is 2.53. The number of benzene rings is 9. The summed E-state index contributed by atoms with van der Waals surface area (Å²) < 4.78 is 7.75. The molecule has 2 aliphatic rings. The standard InChI is InChI=1S/C60H41NOS/c1-59(2)51-22-9-11-24-53(51)60(54-25-12-10-23-52(54)59)49-21-8-6-17-45(49)48-37-43(32-33-50(48)60)61(57-36-41-35-40(29-34-56(41)63-57)38-15-4-3-5-16-38)42-30-27-39(28-31-42)44-19-14-20-47-46-18-7-13-26-55(46)62-58(44)47/h3-37H,1-2H3. The van der Waals surface area contributed by atoms with Gasteiger partial charge in [0.05, 0.1) is 5.41 Å². The van der Waals surface area contributed by atoms with Crippen molar-refractivity contribution in [1.29, 1.82) is 0 Å². The number of nitrogens with zero attached hydrogens (tertiary/aromatic N) is 1. The van der Waals surface area contributed by atoms with E-state index in [-0.39, 0.29) is 5.41 Å². The van der Waals surface area contributed by atoms with Crippen molar-refractivity contribution in [2.24, 2.45) is 0 Å². The first-order chi connectivity index (χ1) is 31.0. The Kier molecular flexibility index (Phi) is 7.77. The highest BCUT2D eigenvalue weighted by molar-refractivity contribution is 7.23. The van der Waals surface area contributed by atoms with Crippen LogP contribution in [0.3, 0.4) is 0 Å². The Bertz CT molecular complexity index is 3560. The van der Waals surface area contributed by atoms with E-state index in [4.69, 9.17) is 4.42 Å². The number of rotatable bonds is 5. The van der Waals surface area contributed by atoms with Crippen molar-refractivity contribution < 1.29 is 4.42 Å². The Morgan fingerprint density at radius 3 is 1.79 bits per heavy atom. The van der Waals surface area contributed by atoms with Gasteiger partial charge in [0.15, 0.2) is 0 Å². The maximum atomic E-state index is 6.49. The van der Waals surface area contributed by atoms with Crippen LogP contribution in [0.2, 0.25) is 0 Å². The van der Waals surface area contributed by atoms with Gasteiger partial charge in [-0.05, 0) is 115 Å². The average Bonchev–Trinajstić information content (AvgIpc) is 4.02. The first-order valence-electron chi connectivity index (χ1n) is 21.8. The maximum absolute atomic E-state index is 6.49. The molecule has 0 fully saturated rings. The maximum Gasteiger partial charge on any atom is 0.143 e. The van der Waals surface area contributed by atoms with Crippen LogP contribution in [0.25, 0.3) is 65.4 Å². The van der Waals surface area contributed by atoms with Crippen molar-refractivity contribution in [3.8, 4) is 33.4 Å². The summed E-state index contributed by atoms with van der Waals surface area (Å²) in [6, 6.07) is 78.5. The van der Waals surface area contributed by atoms with Gasteiger partial charge in [-0.2, -0.15) is 0 Å². The molecule has 2 aliphatic carbocycles. The molecule has 0 saturated heterocycles. The molecule has 0 bridgehead atoms. The Morgan fingerprint density at radius 2 is 1.02 bits per heavy atom. The third kappa shape index (κ3) is 5.18. The zero-order valence-corrected chi connectivity index (χ0v) is 35.8. The molecule has 0 amide bonds. The Hall–Kier alpha value is -7.46. The van der Waals surface area contributed by atoms with Crippen molar-refractivity contribution in [2.45, 2.75) is 24.7 Å². The van der Waals surface area contributed by atoms with Crippen LogP contribution in [0.1, 0.15) is 47.2 Å². The highest BCUT2D eigenvalue weighted by Crippen LogP contribution is 2.62. The van der Waals surface area contributed by atoms with E-state index in [9.17, 15) is 0 Å². The van der Waals surface area contributed by atoms with Crippen LogP contribution in [0, 0.1) is 0 Å². The van der Waals surface area contributed by atoms with Crippen molar-refractivity contribution >= 4 is 59.7 Å². The topological polar surface area (TPSA) is 16.4 Å². The van der Waals surface area contributed by atoms with E-state index in [1.165, 1.54) is 70.7 Å². The fraction of sp³-hybridized carbons (Fsp3) is 0.0667. The molecule has 0 radical (unpaired) electrons. The normalized spacial score (nSPS) is 14.1. The van der Waals surface area contributed by atoms with Gasteiger partial charge in [-0.15, -0.1) is 11.3 Å². The molecule has 3 heteroatoms. The summed E-state index contributed by atoms with van der Waals surface area (Å²) in [6.45, 7) is 4.77. The van der Waals surface area contributed by atoms with Crippen molar-refractivity contribution in [1.82, 2.24) is 0 Å². The molecule has 9 aromatic carbocycles. The number of anilines is 3. The molecule has 0 saturated carbocycles. The lowest BCUT2D eigenvalue weighted by Gasteiger charge is -2.46. The SMILES string of the molecule is CC1(C)c2ccccc2C2(c3ccccc3-c3cc(N(c4ccc(-c5cccc6c5oc5ccccc56)cc4)c4cc5cc(-c6ccccc6)ccc5s4)ccc32)c2ccccc21. The van der Waals surface area contributed by atoms with E-state index in [1.54, 1.807) is 0 Å². The summed E-state index contributed by atoms with van der Waals surface area (Å²) in [5, 5.41) is 4.68. The van der Waals surface area contributed by atoms with E-state index in [0.717, 1.165) is 44.4 Å². The van der Waals surface area contributed by atoms with Crippen LogP contribution in [-0.2, 0) is 10.8 Å². The zero-order valence-electron chi connectivity index (χ0n) is 35.0. The Balaban J connectivity index is 1.01. The third-order valence-corrected chi connectivity index (χ3v) is 15.1. The first kappa shape index (κ1) is 36.2. The molecule has 0 atom stereocenters. The number of hydrogen-bond donors (Lipinski definition) is 0. The van der Waals surface area contributed by atoms with E-state index in [1.807, 2.05) is 17.4 Å². The molecule has 11 aromatic rings. The second-order valence-electron chi connectivity index (χ2n) is 17.6. The van der Waals surface area contributed by atoms with E-state index >= 15 is 0 Å². The molecular formula is C60H41NOS. The third-order valence-electron chi connectivity index (χ3n) is 14.0. The van der Waals surface area contributed by atoms with Gasteiger partial charge in [0.1, 0.15) is 16.2 Å². The van der Waals surface area contributed by atoms with E-state index in [0.29, 0.717) is 0 Å². The lowest BCUT2D eigenvalue weighted by atomic mass is 9.55. The summed E-state index contributed by atoms with van der Waals surface area (Å²) in [5.41, 5.74) is 18.9. The van der Waals surface area contributed by atoms with Gasteiger partial charge < -0.3 is 9.32 Å². The van der Waals surface area contributed by atoms with Gasteiger partial charge in [0, 0.05) is 37.8 Å². The molecule has 2 nitrogen and oxygen atoms in total. The number of furan rings is 1. The van der Waals surface area contributed by atoms with Crippen LogP contribution in [0.4, 0.5) is 16.4 Å². The number of hydrogen-bond acceptors (Lipinski definition) is 3. The number of thiophene rings is 1. The lowest BCUT2D eigenvalue weighted by molar-refractivity contribution is 0.563. The zero-order chi connectivity index (χ0) is 41.9. The van der Waals surface area contributed by atoms with Crippen molar-refractivity contribution in [2.75, 3.05) is 4.90 Å². The second-order valence-corrected chi connectivity index (χ2v) is 18.7. The second kappa shape index (κ2) is 13.5. The number of para-hydroxylation sites is 2. The molecule has 13 rings (SSSR count). The smallest absolute Gasteiger partial charge is 0.143 e.